The summed E-state index contributed by atoms with van der Waals surface area (Å²) in [7, 11) is 1.61. The number of nitrogens with two attached hydrogens (primary N) is 1. The van der Waals surface area contributed by atoms with Crippen molar-refractivity contribution in [1.29, 1.82) is 0 Å². The first-order chi connectivity index (χ1) is 9.13. The highest BCUT2D eigenvalue weighted by molar-refractivity contribution is 6.30. The Morgan fingerprint density at radius 2 is 2.11 bits per heavy atom. The van der Waals surface area contributed by atoms with Gasteiger partial charge in [-0.15, -0.1) is 0 Å². The number of methoxy groups -OCH3 is 1. The van der Waals surface area contributed by atoms with Crippen molar-refractivity contribution in [2.24, 2.45) is 5.73 Å². The molecule has 0 aromatic heterocycles. The van der Waals surface area contributed by atoms with Gasteiger partial charge in [-0.2, -0.15) is 0 Å². The Hall–Kier alpha value is -0.770. The Morgan fingerprint density at radius 3 is 2.68 bits per heavy atom. The van der Waals surface area contributed by atoms with E-state index in [2.05, 4.69) is 6.92 Å². The Bertz CT molecular complexity index is 384. The lowest BCUT2D eigenvalue weighted by molar-refractivity contribution is 0.131. The van der Waals surface area contributed by atoms with E-state index in [1.807, 2.05) is 12.1 Å². The maximum absolute atomic E-state index is 10.3. The second-order valence-electron chi connectivity index (χ2n) is 4.79. The second kappa shape index (κ2) is 8.41. The fourth-order valence-electron chi connectivity index (χ4n) is 2.29. The van der Waals surface area contributed by atoms with Crippen LogP contribution >= 0.6 is 11.6 Å². The van der Waals surface area contributed by atoms with Gasteiger partial charge in [-0.3, -0.25) is 0 Å². The molecule has 3 nitrogen and oxygen atoms in total. The van der Waals surface area contributed by atoms with Crippen LogP contribution in [0.4, 0.5) is 0 Å². The number of aliphatic hydroxyl groups is 1. The quantitative estimate of drug-likeness (QED) is 0.720. The number of ether oxygens (including phenoxy) is 1. The summed E-state index contributed by atoms with van der Waals surface area (Å²) >= 11 is 6.03. The van der Waals surface area contributed by atoms with E-state index in [1.165, 1.54) is 0 Å². The van der Waals surface area contributed by atoms with E-state index in [4.69, 9.17) is 22.1 Å². The molecule has 0 aliphatic carbocycles. The number of hydrogen-bond donors (Lipinski definition) is 2. The molecule has 3 N–H and O–H groups in total. The first kappa shape index (κ1) is 16.3. The molecule has 2 unspecified atom stereocenters. The van der Waals surface area contributed by atoms with Crippen LogP contribution in [-0.4, -0.2) is 24.9 Å². The molecule has 0 bridgehead atoms. The molecule has 0 radical (unpaired) electrons. The predicted molar refractivity (Wildman–Crippen MR) is 79.9 cm³/mol. The van der Waals surface area contributed by atoms with E-state index in [0.717, 1.165) is 37.0 Å². The van der Waals surface area contributed by atoms with Crippen molar-refractivity contribution >= 4 is 11.6 Å². The average Bonchev–Trinajstić information content (AvgIpc) is 2.40. The van der Waals surface area contributed by atoms with Gasteiger partial charge in [-0.25, -0.2) is 0 Å². The van der Waals surface area contributed by atoms with Crippen LogP contribution in [-0.2, 0) is 0 Å². The first-order valence-electron chi connectivity index (χ1n) is 6.85. The van der Waals surface area contributed by atoms with E-state index >= 15 is 0 Å². The topological polar surface area (TPSA) is 55.5 Å². The van der Waals surface area contributed by atoms with Gasteiger partial charge in [-0.05, 0) is 24.6 Å². The molecule has 1 aromatic rings. The van der Waals surface area contributed by atoms with Crippen molar-refractivity contribution in [3.8, 4) is 5.75 Å². The highest BCUT2D eigenvalue weighted by Gasteiger charge is 2.23. The van der Waals surface area contributed by atoms with Crippen LogP contribution in [0.2, 0.25) is 5.02 Å². The summed E-state index contributed by atoms with van der Waals surface area (Å²) in [6, 6.07) is 5.43. The summed E-state index contributed by atoms with van der Waals surface area (Å²) in [6.07, 6.45) is 3.58. The largest absolute Gasteiger partial charge is 0.496 e. The van der Waals surface area contributed by atoms with Crippen LogP contribution in [0.15, 0.2) is 18.2 Å². The third-order valence-corrected chi connectivity index (χ3v) is 3.65. The van der Waals surface area contributed by atoms with Crippen LogP contribution in [0.3, 0.4) is 0 Å². The Kier molecular flexibility index (Phi) is 7.21. The third-order valence-electron chi connectivity index (χ3n) is 3.41. The van der Waals surface area contributed by atoms with Gasteiger partial charge in [0.05, 0.1) is 13.2 Å². The van der Waals surface area contributed by atoms with Gasteiger partial charge in [0.25, 0.3) is 0 Å². The number of hydrogen-bond acceptors (Lipinski definition) is 3. The Morgan fingerprint density at radius 1 is 1.37 bits per heavy atom. The number of halogens is 1. The van der Waals surface area contributed by atoms with Gasteiger partial charge >= 0.3 is 0 Å². The fourth-order valence-corrected chi connectivity index (χ4v) is 2.47. The van der Waals surface area contributed by atoms with Crippen LogP contribution < -0.4 is 10.5 Å². The molecule has 2 atom stereocenters. The number of rotatable bonds is 8. The van der Waals surface area contributed by atoms with Crippen molar-refractivity contribution < 1.29 is 9.84 Å². The number of benzene rings is 1. The van der Waals surface area contributed by atoms with Gasteiger partial charge in [0.2, 0.25) is 0 Å². The van der Waals surface area contributed by atoms with Gasteiger partial charge in [0.15, 0.2) is 0 Å². The molecule has 19 heavy (non-hydrogen) atoms. The fraction of sp³-hybridized carbons (Fsp3) is 0.600. The molecule has 0 heterocycles. The molecular weight excluding hydrogens is 262 g/mol. The standard InChI is InChI=1S/C15H24ClNO2/c1-3-4-5-6-14(18)13(10-17)12-9-11(16)7-8-15(12)19-2/h7-9,13-14,18H,3-6,10,17H2,1-2H3. The molecule has 0 aliphatic rings. The zero-order valence-corrected chi connectivity index (χ0v) is 12.5. The van der Waals surface area contributed by atoms with E-state index < -0.39 is 6.10 Å². The minimum atomic E-state index is -0.455. The lowest BCUT2D eigenvalue weighted by Gasteiger charge is -2.24. The van der Waals surface area contributed by atoms with Crippen molar-refractivity contribution in [2.45, 2.75) is 44.6 Å². The molecule has 0 amide bonds. The van der Waals surface area contributed by atoms with E-state index in [-0.39, 0.29) is 5.92 Å². The molecule has 0 fully saturated rings. The minimum absolute atomic E-state index is 0.134. The molecular formula is C15H24ClNO2. The lowest BCUT2D eigenvalue weighted by Crippen LogP contribution is -2.26. The highest BCUT2D eigenvalue weighted by Crippen LogP contribution is 2.32. The van der Waals surface area contributed by atoms with Crippen molar-refractivity contribution in [3.05, 3.63) is 28.8 Å². The van der Waals surface area contributed by atoms with Crippen LogP contribution in [0.1, 0.15) is 44.1 Å². The smallest absolute Gasteiger partial charge is 0.122 e. The normalized spacial score (nSPS) is 14.2. The molecule has 1 aromatic carbocycles. The number of unbranched alkanes of at least 4 members (excludes halogenated alkanes) is 2. The van der Waals surface area contributed by atoms with Crippen LogP contribution in [0.5, 0.6) is 5.75 Å². The molecule has 0 aliphatic heterocycles. The van der Waals surface area contributed by atoms with Crippen molar-refractivity contribution in [2.75, 3.05) is 13.7 Å². The number of aliphatic hydroxyl groups excluding tert-OH is 1. The summed E-state index contributed by atoms with van der Waals surface area (Å²) < 4.78 is 5.33. The third kappa shape index (κ3) is 4.68. The molecule has 4 heteroatoms. The highest BCUT2D eigenvalue weighted by atomic mass is 35.5. The monoisotopic (exact) mass is 285 g/mol. The van der Waals surface area contributed by atoms with Crippen molar-refractivity contribution in [3.63, 3.8) is 0 Å². The summed E-state index contributed by atoms with van der Waals surface area (Å²) in [5, 5.41) is 11.0. The van der Waals surface area contributed by atoms with Crippen molar-refractivity contribution in [1.82, 2.24) is 0 Å². The lowest BCUT2D eigenvalue weighted by atomic mass is 9.89. The zero-order valence-electron chi connectivity index (χ0n) is 11.7. The maximum Gasteiger partial charge on any atom is 0.122 e. The summed E-state index contributed by atoms with van der Waals surface area (Å²) in [5.41, 5.74) is 6.72. The molecule has 0 saturated carbocycles. The van der Waals surface area contributed by atoms with Gasteiger partial charge in [-0.1, -0.05) is 37.8 Å². The molecule has 0 saturated heterocycles. The molecule has 0 spiro atoms. The van der Waals surface area contributed by atoms with Crippen LogP contribution in [0.25, 0.3) is 0 Å². The summed E-state index contributed by atoms with van der Waals surface area (Å²) in [6.45, 7) is 2.52. The van der Waals surface area contributed by atoms with E-state index in [1.54, 1.807) is 13.2 Å². The van der Waals surface area contributed by atoms with Crippen LogP contribution in [0, 0.1) is 0 Å². The Balaban J connectivity index is 2.86. The average molecular weight is 286 g/mol. The SMILES string of the molecule is CCCCCC(O)C(CN)c1cc(Cl)ccc1OC. The maximum atomic E-state index is 10.3. The first-order valence-corrected chi connectivity index (χ1v) is 7.23. The molecule has 1 rings (SSSR count). The summed E-state index contributed by atoms with van der Waals surface area (Å²) in [4.78, 5) is 0. The van der Waals surface area contributed by atoms with Gasteiger partial charge in [0.1, 0.15) is 5.75 Å². The van der Waals surface area contributed by atoms with E-state index in [9.17, 15) is 5.11 Å². The Labute approximate surface area is 120 Å². The second-order valence-corrected chi connectivity index (χ2v) is 5.23. The summed E-state index contributed by atoms with van der Waals surface area (Å²) in [5.74, 6) is 0.597. The van der Waals surface area contributed by atoms with Gasteiger partial charge in [0, 0.05) is 23.0 Å². The minimum Gasteiger partial charge on any atom is -0.496 e. The predicted octanol–water partition coefficient (Wildman–Crippen LogP) is 3.33. The zero-order chi connectivity index (χ0) is 14.3. The molecule has 108 valence electrons. The van der Waals surface area contributed by atoms with E-state index in [0.29, 0.717) is 11.6 Å². The van der Waals surface area contributed by atoms with Gasteiger partial charge < -0.3 is 15.6 Å².